The predicted octanol–water partition coefficient (Wildman–Crippen LogP) is 2.77. The van der Waals surface area contributed by atoms with Crippen LogP contribution in [0.1, 0.15) is 31.4 Å². The number of amides is 2. The molecule has 0 radical (unpaired) electrons. The van der Waals surface area contributed by atoms with Crippen LogP contribution in [-0.2, 0) is 6.54 Å². The van der Waals surface area contributed by atoms with Crippen molar-refractivity contribution in [1.29, 1.82) is 0 Å². The van der Waals surface area contributed by atoms with E-state index >= 15 is 0 Å². The molecule has 6 heteroatoms. The second-order valence-corrected chi connectivity index (χ2v) is 6.87. The summed E-state index contributed by atoms with van der Waals surface area (Å²) in [6.45, 7) is 2.61. The van der Waals surface area contributed by atoms with Crippen LogP contribution < -0.4 is 10.6 Å². The zero-order valence-electron chi connectivity index (χ0n) is 14.3. The van der Waals surface area contributed by atoms with E-state index in [9.17, 15) is 4.79 Å². The molecule has 0 aliphatic carbocycles. The van der Waals surface area contributed by atoms with Crippen molar-refractivity contribution >= 4 is 6.03 Å². The molecule has 3 heterocycles. The van der Waals surface area contributed by atoms with Crippen molar-refractivity contribution in [2.45, 2.75) is 44.3 Å². The van der Waals surface area contributed by atoms with Crippen LogP contribution in [0.4, 0.5) is 4.79 Å². The highest BCUT2D eigenvalue weighted by molar-refractivity contribution is 5.74. The average molecular weight is 340 g/mol. The van der Waals surface area contributed by atoms with E-state index in [4.69, 9.17) is 4.52 Å². The Labute approximate surface area is 147 Å². The number of carbonyl (C=O) groups is 1. The SMILES string of the molecule is O=C(NCc1cc(-c2ccccc2)no1)NC1CCN2CCCCC12. The molecule has 2 aromatic rings. The van der Waals surface area contributed by atoms with Gasteiger partial charge >= 0.3 is 6.03 Å². The zero-order chi connectivity index (χ0) is 17.1. The average Bonchev–Trinajstić information content (AvgIpc) is 3.28. The normalized spacial score (nSPS) is 23.2. The van der Waals surface area contributed by atoms with Crippen molar-refractivity contribution in [3.63, 3.8) is 0 Å². The molecule has 4 rings (SSSR count). The molecule has 0 bridgehead atoms. The Hall–Kier alpha value is -2.34. The number of urea groups is 1. The van der Waals surface area contributed by atoms with Crippen LogP contribution in [0.3, 0.4) is 0 Å². The highest BCUT2D eigenvalue weighted by atomic mass is 16.5. The number of nitrogens with one attached hydrogen (secondary N) is 2. The number of piperidine rings is 1. The van der Waals surface area contributed by atoms with Crippen molar-refractivity contribution in [1.82, 2.24) is 20.7 Å². The van der Waals surface area contributed by atoms with Crippen LogP contribution in [0.2, 0.25) is 0 Å². The molecule has 1 aromatic carbocycles. The number of nitrogens with zero attached hydrogens (tertiary/aromatic N) is 2. The summed E-state index contributed by atoms with van der Waals surface area (Å²) in [4.78, 5) is 14.7. The Balaban J connectivity index is 1.28. The molecule has 2 saturated heterocycles. The van der Waals surface area contributed by atoms with Crippen LogP contribution in [0.5, 0.6) is 0 Å². The third-order valence-electron chi connectivity index (χ3n) is 5.22. The summed E-state index contributed by atoms with van der Waals surface area (Å²) in [6, 6.07) is 12.4. The van der Waals surface area contributed by atoms with E-state index in [1.807, 2.05) is 36.4 Å². The van der Waals surface area contributed by atoms with Gasteiger partial charge in [0.15, 0.2) is 5.76 Å². The number of carbonyl (C=O) groups excluding carboxylic acids is 1. The Morgan fingerprint density at radius 1 is 1.20 bits per heavy atom. The lowest BCUT2D eigenvalue weighted by molar-refractivity contribution is 0.178. The fraction of sp³-hybridized carbons (Fsp3) is 0.474. The first-order valence-electron chi connectivity index (χ1n) is 9.09. The summed E-state index contributed by atoms with van der Waals surface area (Å²) in [5, 5.41) is 10.1. The second kappa shape index (κ2) is 7.27. The third-order valence-corrected chi connectivity index (χ3v) is 5.22. The summed E-state index contributed by atoms with van der Waals surface area (Å²) < 4.78 is 5.32. The summed E-state index contributed by atoms with van der Waals surface area (Å²) in [5.74, 6) is 0.653. The first kappa shape index (κ1) is 16.1. The number of benzene rings is 1. The Morgan fingerprint density at radius 2 is 2.08 bits per heavy atom. The summed E-state index contributed by atoms with van der Waals surface area (Å²) in [5.41, 5.74) is 1.79. The quantitative estimate of drug-likeness (QED) is 0.898. The van der Waals surface area contributed by atoms with Gasteiger partial charge in [-0.3, -0.25) is 4.90 Å². The fourth-order valence-corrected chi connectivity index (χ4v) is 3.94. The number of aromatic nitrogens is 1. The fourth-order valence-electron chi connectivity index (χ4n) is 3.94. The standard InChI is InChI=1S/C19H24N4O2/c24-19(21-16-9-11-23-10-5-4-8-18(16)23)20-13-15-12-17(22-25-15)14-6-2-1-3-7-14/h1-3,6-7,12,16,18H,4-5,8-11,13H2,(H2,20,21,24). The molecule has 2 aliphatic rings. The van der Waals surface area contributed by atoms with Gasteiger partial charge in [-0.1, -0.05) is 41.9 Å². The molecule has 2 N–H and O–H groups in total. The largest absolute Gasteiger partial charge is 0.359 e. The molecule has 132 valence electrons. The van der Waals surface area contributed by atoms with Gasteiger partial charge in [0, 0.05) is 30.3 Å². The highest BCUT2D eigenvalue weighted by Crippen LogP contribution is 2.27. The van der Waals surface area contributed by atoms with Gasteiger partial charge in [0.2, 0.25) is 0 Å². The van der Waals surface area contributed by atoms with Crippen molar-refractivity contribution in [3.8, 4) is 11.3 Å². The van der Waals surface area contributed by atoms with E-state index in [2.05, 4.69) is 20.7 Å². The predicted molar refractivity (Wildman–Crippen MR) is 94.9 cm³/mol. The molecule has 25 heavy (non-hydrogen) atoms. The van der Waals surface area contributed by atoms with Crippen molar-refractivity contribution in [2.75, 3.05) is 13.1 Å². The molecule has 1 aromatic heterocycles. The van der Waals surface area contributed by atoms with Gasteiger partial charge in [-0.25, -0.2) is 4.79 Å². The van der Waals surface area contributed by atoms with Gasteiger partial charge < -0.3 is 15.2 Å². The number of hydrogen-bond donors (Lipinski definition) is 2. The number of hydrogen-bond acceptors (Lipinski definition) is 4. The van der Waals surface area contributed by atoms with Gasteiger partial charge in [0.05, 0.1) is 6.54 Å². The van der Waals surface area contributed by atoms with Crippen LogP contribution in [0, 0.1) is 0 Å². The van der Waals surface area contributed by atoms with Crippen LogP contribution >= 0.6 is 0 Å². The van der Waals surface area contributed by atoms with Gasteiger partial charge in [0.1, 0.15) is 5.69 Å². The lowest BCUT2D eigenvalue weighted by Crippen LogP contribution is -2.49. The summed E-state index contributed by atoms with van der Waals surface area (Å²) in [7, 11) is 0. The smallest absolute Gasteiger partial charge is 0.315 e. The maximum Gasteiger partial charge on any atom is 0.315 e. The number of rotatable bonds is 4. The van der Waals surface area contributed by atoms with Gasteiger partial charge in [-0.15, -0.1) is 0 Å². The molecular formula is C19H24N4O2. The lowest BCUT2D eigenvalue weighted by Gasteiger charge is -2.32. The van der Waals surface area contributed by atoms with E-state index in [1.54, 1.807) is 0 Å². The zero-order valence-corrected chi connectivity index (χ0v) is 14.3. The molecule has 2 fully saturated rings. The van der Waals surface area contributed by atoms with E-state index in [0.29, 0.717) is 18.3 Å². The van der Waals surface area contributed by atoms with Crippen LogP contribution in [0.25, 0.3) is 11.3 Å². The van der Waals surface area contributed by atoms with Gasteiger partial charge in [0.25, 0.3) is 0 Å². The van der Waals surface area contributed by atoms with E-state index in [1.165, 1.54) is 25.8 Å². The topological polar surface area (TPSA) is 70.4 Å². The maximum atomic E-state index is 12.2. The lowest BCUT2D eigenvalue weighted by atomic mass is 9.99. The van der Waals surface area contributed by atoms with E-state index < -0.39 is 0 Å². The van der Waals surface area contributed by atoms with Crippen LogP contribution in [0.15, 0.2) is 40.9 Å². The maximum absolute atomic E-state index is 12.2. The second-order valence-electron chi connectivity index (χ2n) is 6.87. The molecule has 0 saturated carbocycles. The molecule has 2 atom stereocenters. The number of fused-ring (bicyclic) bond motifs is 1. The van der Waals surface area contributed by atoms with E-state index in [0.717, 1.165) is 24.2 Å². The van der Waals surface area contributed by atoms with Crippen molar-refractivity contribution < 1.29 is 9.32 Å². The minimum absolute atomic E-state index is 0.130. The third kappa shape index (κ3) is 3.69. The molecular weight excluding hydrogens is 316 g/mol. The molecule has 2 amide bonds. The monoisotopic (exact) mass is 340 g/mol. The molecule has 6 nitrogen and oxygen atoms in total. The molecule has 2 aliphatic heterocycles. The summed E-state index contributed by atoms with van der Waals surface area (Å²) >= 11 is 0. The Bertz CT molecular complexity index is 715. The Morgan fingerprint density at radius 3 is 2.96 bits per heavy atom. The van der Waals surface area contributed by atoms with Crippen molar-refractivity contribution in [2.24, 2.45) is 0 Å². The van der Waals surface area contributed by atoms with E-state index in [-0.39, 0.29) is 12.1 Å². The minimum Gasteiger partial charge on any atom is -0.359 e. The van der Waals surface area contributed by atoms with Gasteiger partial charge in [-0.2, -0.15) is 0 Å². The summed E-state index contributed by atoms with van der Waals surface area (Å²) in [6.07, 6.45) is 4.78. The minimum atomic E-state index is -0.130. The highest BCUT2D eigenvalue weighted by Gasteiger charge is 2.36. The van der Waals surface area contributed by atoms with Gasteiger partial charge in [-0.05, 0) is 25.8 Å². The molecule has 0 spiro atoms. The first-order valence-corrected chi connectivity index (χ1v) is 9.09. The van der Waals surface area contributed by atoms with Crippen LogP contribution in [-0.4, -0.2) is 41.3 Å². The molecule has 2 unspecified atom stereocenters. The first-order chi connectivity index (χ1) is 12.3. The Kier molecular flexibility index (Phi) is 4.70. The van der Waals surface area contributed by atoms with Crippen molar-refractivity contribution in [3.05, 3.63) is 42.2 Å².